The van der Waals surface area contributed by atoms with E-state index in [-0.39, 0.29) is 5.56 Å². The van der Waals surface area contributed by atoms with Gasteiger partial charge in [-0.3, -0.25) is 0 Å². The average molecular weight is 343 g/mol. The summed E-state index contributed by atoms with van der Waals surface area (Å²) >= 11 is 3.24. The topological polar surface area (TPSA) is 38.7 Å². The predicted octanol–water partition coefficient (Wildman–Crippen LogP) is 3.84. The molecule has 7 heteroatoms. The Kier molecular flexibility index (Phi) is 5.49. The molecule has 1 rings (SSSR count). The van der Waals surface area contributed by atoms with Gasteiger partial charge in [-0.15, -0.1) is 0 Å². The van der Waals surface area contributed by atoms with Crippen LogP contribution in [0, 0.1) is 0 Å². The van der Waals surface area contributed by atoms with E-state index >= 15 is 0 Å². The second-order valence-electron chi connectivity index (χ2n) is 3.90. The highest BCUT2D eigenvalue weighted by molar-refractivity contribution is 9.10. The first-order chi connectivity index (χ1) is 8.78. The van der Waals surface area contributed by atoms with Crippen LogP contribution in [-0.2, 0) is 0 Å². The van der Waals surface area contributed by atoms with Crippen LogP contribution < -0.4 is 9.47 Å². The summed E-state index contributed by atoms with van der Waals surface area (Å²) in [5.41, 5.74) is 0.270. The number of alkyl halides is 3. The van der Waals surface area contributed by atoms with Crippen molar-refractivity contribution < 1.29 is 27.8 Å². The molecule has 1 N–H and O–H groups in total. The van der Waals surface area contributed by atoms with Crippen molar-refractivity contribution >= 4 is 15.9 Å². The molecule has 0 heterocycles. The first-order valence-electron chi connectivity index (χ1n) is 5.44. The number of aliphatic hydroxyl groups excluding tert-OH is 1. The Morgan fingerprint density at radius 2 is 1.79 bits per heavy atom. The Labute approximate surface area is 117 Å². The highest BCUT2D eigenvalue weighted by Crippen LogP contribution is 2.38. The number of halogens is 4. The van der Waals surface area contributed by atoms with E-state index in [9.17, 15) is 18.3 Å². The van der Waals surface area contributed by atoms with Gasteiger partial charge in [0.2, 0.25) is 0 Å². The second-order valence-corrected chi connectivity index (χ2v) is 4.75. The quantitative estimate of drug-likeness (QED) is 0.883. The zero-order chi connectivity index (χ0) is 14.6. The van der Waals surface area contributed by atoms with Crippen LogP contribution in [0.5, 0.6) is 11.5 Å². The number of hydrogen-bond acceptors (Lipinski definition) is 3. The largest absolute Gasteiger partial charge is 0.496 e. The van der Waals surface area contributed by atoms with Crippen molar-refractivity contribution in [1.29, 1.82) is 0 Å². The molecule has 0 saturated heterocycles. The van der Waals surface area contributed by atoms with Crippen molar-refractivity contribution in [3.8, 4) is 11.5 Å². The van der Waals surface area contributed by atoms with Gasteiger partial charge in [0.25, 0.3) is 0 Å². The normalized spacial score (nSPS) is 13.2. The smallest absolute Gasteiger partial charge is 0.389 e. The third-order valence-electron chi connectivity index (χ3n) is 2.56. The van der Waals surface area contributed by atoms with Crippen molar-refractivity contribution in [1.82, 2.24) is 0 Å². The van der Waals surface area contributed by atoms with Crippen LogP contribution in [0.3, 0.4) is 0 Å². The Morgan fingerprint density at radius 3 is 2.26 bits per heavy atom. The summed E-state index contributed by atoms with van der Waals surface area (Å²) in [6, 6.07) is 3.01. The van der Waals surface area contributed by atoms with E-state index in [0.717, 1.165) is 0 Å². The molecule has 0 aliphatic heterocycles. The maximum absolute atomic E-state index is 12.1. The van der Waals surface area contributed by atoms with Crippen LogP contribution in [-0.4, -0.2) is 25.5 Å². The molecular weight excluding hydrogens is 329 g/mol. The van der Waals surface area contributed by atoms with Gasteiger partial charge in [0.15, 0.2) is 0 Å². The molecular formula is C12H14BrF3O3. The lowest BCUT2D eigenvalue weighted by Gasteiger charge is -2.17. The minimum absolute atomic E-state index is 0.270. The van der Waals surface area contributed by atoms with E-state index in [1.165, 1.54) is 20.3 Å². The number of benzene rings is 1. The summed E-state index contributed by atoms with van der Waals surface area (Å²) in [7, 11) is 2.81. The lowest BCUT2D eigenvalue weighted by atomic mass is 10.0. The van der Waals surface area contributed by atoms with Gasteiger partial charge in [0, 0.05) is 12.0 Å². The molecule has 0 spiro atoms. The number of rotatable bonds is 5. The first-order valence-corrected chi connectivity index (χ1v) is 6.24. The molecule has 19 heavy (non-hydrogen) atoms. The van der Waals surface area contributed by atoms with E-state index in [2.05, 4.69) is 15.9 Å². The van der Waals surface area contributed by atoms with Crippen molar-refractivity contribution in [2.45, 2.75) is 25.1 Å². The fraction of sp³-hybridized carbons (Fsp3) is 0.500. The predicted molar refractivity (Wildman–Crippen MR) is 67.5 cm³/mol. The second kappa shape index (κ2) is 6.47. The van der Waals surface area contributed by atoms with Crippen LogP contribution in [0.25, 0.3) is 0 Å². The van der Waals surface area contributed by atoms with E-state index < -0.39 is 25.1 Å². The van der Waals surface area contributed by atoms with Crippen LogP contribution >= 0.6 is 15.9 Å². The van der Waals surface area contributed by atoms with Gasteiger partial charge in [-0.2, -0.15) is 13.2 Å². The molecule has 0 saturated carbocycles. The number of aliphatic hydroxyl groups is 1. The Balaban J connectivity index is 2.97. The summed E-state index contributed by atoms with van der Waals surface area (Å²) in [5.74, 6) is 0.726. The lowest BCUT2D eigenvalue weighted by Crippen LogP contribution is -2.10. The van der Waals surface area contributed by atoms with Crippen LogP contribution in [0.2, 0.25) is 0 Å². The zero-order valence-electron chi connectivity index (χ0n) is 10.4. The molecule has 0 aliphatic carbocycles. The highest BCUT2D eigenvalue weighted by atomic mass is 79.9. The monoisotopic (exact) mass is 342 g/mol. The van der Waals surface area contributed by atoms with E-state index in [4.69, 9.17) is 9.47 Å². The van der Waals surface area contributed by atoms with Gasteiger partial charge in [0.05, 0.1) is 24.8 Å². The molecule has 0 aromatic heterocycles. The minimum atomic E-state index is -4.30. The molecule has 0 aliphatic rings. The molecule has 1 aromatic rings. The molecule has 3 nitrogen and oxygen atoms in total. The molecule has 0 fully saturated rings. The molecule has 1 atom stereocenters. The minimum Gasteiger partial charge on any atom is -0.496 e. The average Bonchev–Trinajstić information content (AvgIpc) is 2.34. The number of hydrogen-bond donors (Lipinski definition) is 1. The van der Waals surface area contributed by atoms with Crippen LogP contribution in [0.15, 0.2) is 16.6 Å². The first kappa shape index (κ1) is 16.1. The fourth-order valence-electron chi connectivity index (χ4n) is 1.60. The Morgan fingerprint density at radius 1 is 1.21 bits per heavy atom. The highest BCUT2D eigenvalue weighted by Gasteiger charge is 2.29. The van der Waals surface area contributed by atoms with Crippen LogP contribution in [0.1, 0.15) is 24.5 Å². The van der Waals surface area contributed by atoms with E-state index in [1.807, 2.05) is 0 Å². The number of ether oxygens (including phenoxy) is 2. The molecule has 1 unspecified atom stereocenters. The van der Waals surface area contributed by atoms with Crippen molar-refractivity contribution in [3.63, 3.8) is 0 Å². The summed E-state index contributed by atoms with van der Waals surface area (Å²) in [6.45, 7) is 0. The third-order valence-corrected chi connectivity index (χ3v) is 3.18. The summed E-state index contributed by atoms with van der Waals surface area (Å²) in [6.07, 6.45) is -7.05. The van der Waals surface area contributed by atoms with Gasteiger partial charge in [0.1, 0.15) is 11.5 Å². The van der Waals surface area contributed by atoms with Crippen molar-refractivity contribution in [3.05, 3.63) is 22.2 Å². The Bertz CT molecular complexity index is 435. The molecule has 0 radical (unpaired) electrons. The summed E-state index contributed by atoms with van der Waals surface area (Å²) < 4.78 is 47.1. The fourth-order valence-corrected chi connectivity index (χ4v) is 2.08. The maximum Gasteiger partial charge on any atom is 0.389 e. The maximum atomic E-state index is 12.1. The van der Waals surface area contributed by atoms with Gasteiger partial charge in [-0.25, -0.2) is 0 Å². The van der Waals surface area contributed by atoms with Gasteiger partial charge >= 0.3 is 6.18 Å². The zero-order valence-corrected chi connectivity index (χ0v) is 12.0. The van der Waals surface area contributed by atoms with Gasteiger partial charge in [-0.1, -0.05) is 0 Å². The van der Waals surface area contributed by atoms with E-state index in [1.54, 1.807) is 6.07 Å². The summed E-state index contributed by atoms with van der Waals surface area (Å²) in [5, 5.41) is 9.86. The van der Waals surface area contributed by atoms with Crippen molar-refractivity contribution in [2.24, 2.45) is 0 Å². The molecule has 1 aromatic carbocycles. The molecule has 0 bridgehead atoms. The number of methoxy groups -OCH3 is 2. The van der Waals surface area contributed by atoms with E-state index in [0.29, 0.717) is 16.0 Å². The lowest BCUT2D eigenvalue weighted by molar-refractivity contribution is -0.140. The molecule has 108 valence electrons. The molecule has 0 amide bonds. The van der Waals surface area contributed by atoms with Gasteiger partial charge in [-0.05, 0) is 34.5 Å². The third kappa shape index (κ3) is 4.58. The van der Waals surface area contributed by atoms with Gasteiger partial charge < -0.3 is 14.6 Å². The SMILES string of the molecule is COc1cc(C(O)CCC(F)(F)F)c(OC)cc1Br. The van der Waals surface area contributed by atoms with Crippen molar-refractivity contribution in [2.75, 3.05) is 14.2 Å². The summed E-state index contributed by atoms with van der Waals surface area (Å²) in [4.78, 5) is 0. The standard InChI is InChI=1S/C12H14BrF3O3/c1-18-10-6-8(13)11(19-2)5-7(10)9(17)3-4-12(14,15)16/h5-6,9,17H,3-4H2,1-2H3. The Hall–Kier alpha value is -0.950. The van der Waals surface area contributed by atoms with Crippen LogP contribution in [0.4, 0.5) is 13.2 Å².